The molecule has 0 nitrogen and oxygen atoms in total. The molecule has 2 heteroatoms. The molecule has 0 radical (unpaired) electrons. The van der Waals surface area contributed by atoms with Crippen LogP contribution < -0.4 is 0 Å². The maximum Gasteiger partial charge on any atom is 0.0442 e. The van der Waals surface area contributed by atoms with E-state index >= 15 is 0 Å². The average molecular weight is 543 g/mol. The van der Waals surface area contributed by atoms with Gasteiger partial charge in [-0.3, -0.25) is 0 Å². The Morgan fingerprint density at radius 3 is 1.80 bits per heavy atom. The van der Waals surface area contributed by atoms with Gasteiger partial charge < -0.3 is 0 Å². The average Bonchev–Trinajstić information content (AvgIpc) is 3.61. The maximum absolute atomic E-state index is 2.39. The minimum Gasteiger partial charge on any atom is -0.142 e. The van der Waals surface area contributed by atoms with Gasteiger partial charge in [0, 0.05) is 35.8 Å². The Morgan fingerprint density at radius 1 is 0.425 bits per heavy atom. The number of benzene rings is 7. The molecule has 186 valence electrons. The van der Waals surface area contributed by atoms with Crippen LogP contribution in [0.1, 0.15) is 0 Å². The molecular weight excluding hydrogens is 521 g/mol. The fraction of sp³-hybridized carbons (Fsp3) is 0. The summed E-state index contributed by atoms with van der Waals surface area (Å²) in [5.41, 5.74) is 5.24. The number of rotatable bonds is 2. The summed E-state index contributed by atoms with van der Waals surface area (Å²) >= 11 is 3.78. The molecule has 0 aliphatic rings. The second kappa shape index (κ2) is 8.50. The van der Waals surface area contributed by atoms with Crippen molar-refractivity contribution in [3.05, 3.63) is 133 Å². The van der Waals surface area contributed by atoms with Gasteiger partial charge in [-0.1, -0.05) is 109 Å². The van der Waals surface area contributed by atoms with Gasteiger partial charge in [0.2, 0.25) is 0 Å². The summed E-state index contributed by atoms with van der Waals surface area (Å²) < 4.78 is 4.11. The standard InChI is InChI=1S/C38H22S2/c1-2-10-24-21-25(18-17-23(24)9-1)35-26-11-3-5-13-28(26)36(29-14-6-4-12-27(29)35)32-22-39-38-30(32)19-20-34-37(38)31-15-7-8-16-33(31)40-34/h1-22H. The van der Waals surface area contributed by atoms with Gasteiger partial charge in [-0.05, 0) is 72.6 Å². The fourth-order valence-electron chi connectivity index (χ4n) is 6.57. The zero-order valence-corrected chi connectivity index (χ0v) is 23.2. The first kappa shape index (κ1) is 22.3. The quantitative estimate of drug-likeness (QED) is 0.191. The molecule has 0 unspecified atom stereocenters. The molecule has 0 saturated carbocycles. The normalized spacial score (nSPS) is 12.0. The Kier molecular flexibility index (Phi) is 4.74. The zero-order valence-electron chi connectivity index (χ0n) is 21.5. The van der Waals surface area contributed by atoms with E-state index in [4.69, 9.17) is 0 Å². The van der Waals surface area contributed by atoms with Gasteiger partial charge in [-0.15, -0.1) is 22.7 Å². The van der Waals surface area contributed by atoms with Gasteiger partial charge in [0.15, 0.2) is 0 Å². The lowest BCUT2D eigenvalue weighted by Crippen LogP contribution is -1.90. The van der Waals surface area contributed by atoms with Crippen molar-refractivity contribution in [3.8, 4) is 22.3 Å². The summed E-state index contributed by atoms with van der Waals surface area (Å²) in [5.74, 6) is 0. The van der Waals surface area contributed by atoms with Crippen molar-refractivity contribution in [2.24, 2.45) is 0 Å². The predicted molar refractivity (Wildman–Crippen MR) is 178 cm³/mol. The Balaban J connectivity index is 1.40. The van der Waals surface area contributed by atoms with Crippen molar-refractivity contribution in [1.82, 2.24) is 0 Å². The molecule has 0 bridgehead atoms. The molecule has 0 atom stereocenters. The molecule has 2 heterocycles. The molecule has 0 saturated heterocycles. The van der Waals surface area contributed by atoms with Crippen LogP contribution in [0.2, 0.25) is 0 Å². The first-order chi connectivity index (χ1) is 19.8. The molecular formula is C38H22S2. The highest BCUT2D eigenvalue weighted by Crippen LogP contribution is 2.49. The van der Waals surface area contributed by atoms with E-state index in [-0.39, 0.29) is 0 Å². The molecule has 2 aromatic heterocycles. The number of fused-ring (bicyclic) bond motifs is 8. The van der Waals surface area contributed by atoms with Gasteiger partial charge >= 0.3 is 0 Å². The highest BCUT2D eigenvalue weighted by atomic mass is 32.1. The summed E-state index contributed by atoms with van der Waals surface area (Å²) in [5, 5.41) is 14.2. The summed E-state index contributed by atoms with van der Waals surface area (Å²) in [7, 11) is 0. The highest BCUT2D eigenvalue weighted by Gasteiger charge is 2.20. The lowest BCUT2D eigenvalue weighted by atomic mass is 9.85. The molecule has 0 amide bonds. The van der Waals surface area contributed by atoms with Gasteiger partial charge in [0.25, 0.3) is 0 Å². The van der Waals surface area contributed by atoms with Crippen LogP contribution in [0.25, 0.3) is 84.8 Å². The number of hydrogen-bond donors (Lipinski definition) is 0. The molecule has 7 aromatic carbocycles. The predicted octanol–water partition coefficient (Wildman–Crippen LogP) is 12.1. The van der Waals surface area contributed by atoms with Crippen LogP contribution in [0.5, 0.6) is 0 Å². The van der Waals surface area contributed by atoms with Crippen LogP contribution in [0, 0.1) is 0 Å². The smallest absolute Gasteiger partial charge is 0.0442 e. The van der Waals surface area contributed by atoms with Crippen LogP contribution in [0.4, 0.5) is 0 Å². The molecule has 9 aromatic rings. The van der Waals surface area contributed by atoms with E-state index in [1.165, 1.54) is 84.8 Å². The Hall–Kier alpha value is -4.50. The molecule has 0 aliphatic carbocycles. The topological polar surface area (TPSA) is 0 Å². The minimum absolute atomic E-state index is 1.26. The first-order valence-corrected chi connectivity index (χ1v) is 15.3. The van der Waals surface area contributed by atoms with Gasteiger partial charge in [-0.25, -0.2) is 0 Å². The highest BCUT2D eigenvalue weighted by molar-refractivity contribution is 7.27. The van der Waals surface area contributed by atoms with Crippen molar-refractivity contribution in [1.29, 1.82) is 0 Å². The lowest BCUT2D eigenvalue weighted by molar-refractivity contribution is 1.70. The van der Waals surface area contributed by atoms with Crippen molar-refractivity contribution in [2.45, 2.75) is 0 Å². The van der Waals surface area contributed by atoms with E-state index in [0.29, 0.717) is 0 Å². The molecule has 40 heavy (non-hydrogen) atoms. The largest absolute Gasteiger partial charge is 0.142 e. The Bertz CT molecular complexity index is 2380. The molecule has 0 fully saturated rings. The molecule has 0 aliphatic heterocycles. The SMILES string of the molecule is c1ccc2cc(-c3c4ccccc4c(-c4csc5c4ccc4sc6ccccc6c45)c4ccccc34)ccc2c1. The third-order valence-electron chi connectivity index (χ3n) is 8.32. The van der Waals surface area contributed by atoms with Gasteiger partial charge in [0.05, 0.1) is 0 Å². The van der Waals surface area contributed by atoms with E-state index in [0.717, 1.165) is 0 Å². The number of hydrogen-bond acceptors (Lipinski definition) is 2. The van der Waals surface area contributed by atoms with Crippen molar-refractivity contribution in [3.63, 3.8) is 0 Å². The van der Waals surface area contributed by atoms with E-state index in [9.17, 15) is 0 Å². The second-order valence-corrected chi connectivity index (χ2v) is 12.4. The maximum atomic E-state index is 2.39. The Morgan fingerprint density at radius 2 is 1.05 bits per heavy atom. The summed E-state index contributed by atoms with van der Waals surface area (Å²) in [6, 6.07) is 47.0. The van der Waals surface area contributed by atoms with Crippen LogP contribution in [0.15, 0.2) is 133 Å². The second-order valence-electron chi connectivity index (χ2n) is 10.5. The summed E-state index contributed by atoms with van der Waals surface area (Å²) in [6.07, 6.45) is 0. The van der Waals surface area contributed by atoms with Crippen molar-refractivity contribution < 1.29 is 0 Å². The minimum atomic E-state index is 1.26. The van der Waals surface area contributed by atoms with Crippen molar-refractivity contribution >= 4 is 85.2 Å². The molecule has 0 N–H and O–H groups in total. The van der Waals surface area contributed by atoms with Crippen molar-refractivity contribution in [2.75, 3.05) is 0 Å². The van der Waals surface area contributed by atoms with Gasteiger partial charge in [0.1, 0.15) is 0 Å². The lowest BCUT2D eigenvalue weighted by Gasteiger charge is -2.17. The third kappa shape index (κ3) is 3.12. The Labute approximate surface area is 239 Å². The van der Waals surface area contributed by atoms with E-state index in [2.05, 4.69) is 133 Å². The molecule has 0 spiro atoms. The third-order valence-corrected chi connectivity index (χ3v) is 10.5. The monoisotopic (exact) mass is 542 g/mol. The van der Waals surface area contributed by atoms with E-state index in [1.807, 2.05) is 22.7 Å². The van der Waals surface area contributed by atoms with E-state index in [1.54, 1.807) is 0 Å². The van der Waals surface area contributed by atoms with Crippen LogP contribution in [-0.2, 0) is 0 Å². The fourth-order valence-corrected chi connectivity index (χ4v) is 8.87. The molecule has 9 rings (SSSR count). The van der Waals surface area contributed by atoms with Crippen LogP contribution in [-0.4, -0.2) is 0 Å². The van der Waals surface area contributed by atoms with Gasteiger partial charge in [-0.2, -0.15) is 0 Å². The van der Waals surface area contributed by atoms with Crippen LogP contribution >= 0.6 is 22.7 Å². The first-order valence-electron chi connectivity index (χ1n) is 13.6. The zero-order chi connectivity index (χ0) is 26.2. The summed E-state index contributed by atoms with van der Waals surface area (Å²) in [6.45, 7) is 0. The number of thiophene rings is 2. The van der Waals surface area contributed by atoms with Crippen LogP contribution in [0.3, 0.4) is 0 Å². The summed E-state index contributed by atoms with van der Waals surface area (Å²) in [4.78, 5) is 0. The van der Waals surface area contributed by atoms with E-state index < -0.39 is 0 Å².